The van der Waals surface area contributed by atoms with Gasteiger partial charge in [0.1, 0.15) is 43.2 Å². The summed E-state index contributed by atoms with van der Waals surface area (Å²) in [7, 11) is -16.6. The fourth-order valence-electron chi connectivity index (χ4n) is 7.41. The van der Waals surface area contributed by atoms with Crippen molar-refractivity contribution in [2.45, 2.75) is 236 Å². The van der Waals surface area contributed by atoms with E-state index in [9.17, 15) is 63.1 Å². The minimum Gasteiger partial charge on any atom is -0.462 e. The Morgan fingerprint density at radius 3 is 1.16 bits per heavy atom. The highest BCUT2D eigenvalue weighted by molar-refractivity contribution is 7.47. The van der Waals surface area contributed by atoms with Crippen molar-refractivity contribution in [2.75, 3.05) is 13.2 Å². The van der Waals surface area contributed by atoms with E-state index in [-0.39, 0.29) is 12.8 Å². The molecule has 374 valence electrons. The molecule has 8 atom stereocenters. The zero-order valence-corrected chi connectivity index (χ0v) is 40.3. The highest BCUT2D eigenvalue weighted by Gasteiger charge is 2.56. The minimum absolute atomic E-state index is 0.00556. The van der Waals surface area contributed by atoms with Crippen LogP contribution in [-0.2, 0) is 50.9 Å². The second kappa shape index (κ2) is 34.4. The van der Waals surface area contributed by atoms with E-state index in [4.69, 9.17) is 18.5 Å². The van der Waals surface area contributed by atoms with Crippen LogP contribution in [0, 0.1) is 0 Å². The van der Waals surface area contributed by atoms with Gasteiger partial charge in [-0.15, -0.1) is 0 Å². The number of hydrogen-bond donors (Lipinski definition) is 8. The second-order valence-corrected chi connectivity index (χ2v) is 20.5. The average molecular weight is 971 g/mol. The zero-order chi connectivity index (χ0) is 47.2. The van der Waals surface area contributed by atoms with Crippen LogP contribution < -0.4 is 0 Å². The summed E-state index contributed by atoms with van der Waals surface area (Å²) in [6.45, 7) is 2.94. The lowest BCUT2D eigenvalue weighted by Gasteiger charge is -2.44. The molecule has 0 aromatic heterocycles. The van der Waals surface area contributed by atoms with Crippen molar-refractivity contribution in [1.29, 1.82) is 0 Å². The molecule has 0 aromatic carbocycles. The van der Waals surface area contributed by atoms with Crippen LogP contribution >= 0.6 is 23.5 Å². The van der Waals surface area contributed by atoms with Gasteiger partial charge in [-0.05, 0) is 12.8 Å². The van der Waals surface area contributed by atoms with Gasteiger partial charge in [-0.2, -0.15) is 0 Å². The van der Waals surface area contributed by atoms with Crippen molar-refractivity contribution in [3.63, 3.8) is 0 Å². The van der Waals surface area contributed by atoms with Crippen molar-refractivity contribution in [1.82, 2.24) is 0 Å². The number of carbonyl (C=O) groups is 2. The van der Waals surface area contributed by atoms with Gasteiger partial charge < -0.3 is 49.3 Å². The smallest absolute Gasteiger partial charge is 0.462 e. The first-order chi connectivity index (χ1) is 29.8. The normalized spacial score (nSPS) is 22.1. The summed E-state index contributed by atoms with van der Waals surface area (Å²) in [4.78, 5) is 73.1. The van der Waals surface area contributed by atoms with Crippen LogP contribution in [-0.4, -0.2) is 108 Å². The molecular formula is C41H81O19P3. The molecule has 1 fully saturated rings. The number of aliphatic hydroxyl groups excluding tert-OH is 3. The van der Waals surface area contributed by atoms with E-state index in [2.05, 4.69) is 22.9 Å². The molecule has 8 N–H and O–H groups in total. The second-order valence-electron chi connectivity index (χ2n) is 16.7. The van der Waals surface area contributed by atoms with Crippen molar-refractivity contribution in [2.24, 2.45) is 0 Å². The maximum atomic E-state index is 13.1. The molecule has 1 saturated carbocycles. The van der Waals surface area contributed by atoms with Gasteiger partial charge in [0.05, 0.1) is 6.61 Å². The predicted octanol–water partition coefficient (Wildman–Crippen LogP) is 7.96. The number of phosphoric ester groups is 3. The van der Waals surface area contributed by atoms with Crippen LogP contribution in [0.5, 0.6) is 0 Å². The van der Waals surface area contributed by atoms with Crippen LogP contribution in [0.4, 0.5) is 0 Å². The summed E-state index contributed by atoms with van der Waals surface area (Å²) in [5.74, 6) is -1.28. The molecule has 1 aliphatic carbocycles. The molecule has 0 bridgehead atoms. The van der Waals surface area contributed by atoms with Crippen molar-refractivity contribution >= 4 is 35.4 Å². The molecule has 0 saturated heterocycles. The Morgan fingerprint density at radius 2 is 0.778 bits per heavy atom. The lowest BCUT2D eigenvalue weighted by molar-refractivity contribution is -0.213. The number of aliphatic hydroxyl groups is 3. The summed E-state index contributed by atoms with van der Waals surface area (Å²) >= 11 is 0. The molecule has 1 rings (SSSR count). The van der Waals surface area contributed by atoms with Crippen LogP contribution in [0.2, 0.25) is 0 Å². The van der Waals surface area contributed by atoms with E-state index in [0.29, 0.717) is 12.8 Å². The third-order valence-electron chi connectivity index (χ3n) is 10.9. The Bertz CT molecular complexity index is 1350. The van der Waals surface area contributed by atoms with Gasteiger partial charge in [-0.1, -0.05) is 168 Å². The molecule has 19 nitrogen and oxygen atoms in total. The SMILES string of the molecule is CCCCCCCCCCCCCCCC(=O)OCC(COP(=O)(O)OC1C(O)C(O)C(OP(=O)(O)O)C(OP(=O)(O)O)C1O)OC(=O)CCCCCCCCCCCCCCC. The topological polar surface area (TPSA) is 303 Å². The molecule has 0 amide bonds. The van der Waals surface area contributed by atoms with Gasteiger partial charge in [0, 0.05) is 12.8 Å². The number of esters is 2. The third-order valence-corrected chi connectivity index (χ3v) is 12.9. The first-order valence-corrected chi connectivity index (χ1v) is 27.9. The zero-order valence-electron chi connectivity index (χ0n) is 37.7. The Labute approximate surface area is 374 Å². The molecule has 8 unspecified atom stereocenters. The third kappa shape index (κ3) is 30.9. The lowest BCUT2D eigenvalue weighted by atomic mass is 9.85. The molecule has 1 aliphatic rings. The molecule has 0 spiro atoms. The number of hydrogen-bond acceptors (Lipinski definition) is 14. The fourth-order valence-corrected chi connectivity index (χ4v) is 9.50. The predicted molar refractivity (Wildman–Crippen MR) is 234 cm³/mol. The first-order valence-electron chi connectivity index (χ1n) is 23.3. The largest absolute Gasteiger partial charge is 0.472 e. The summed E-state index contributed by atoms with van der Waals surface area (Å²) < 4.78 is 65.4. The molecule has 0 radical (unpaired) electrons. The summed E-state index contributed by atoms with van der Waals surface area (Å²) in [6, 6.07) is 0. The molecular weight excluding hydrogens is 889 g/mol. The van der Waals surface area contributed by atoms with Gasteiger partial charge in [0.2, 0.25) is 0 Å². The van der Waals surface area contributed by atoms with E-state index in [1.807, 2.05) is 0 Å². The number of phosphoric acid groups is 3. The minimum atomic E-state index is -5.59. The van der Waals surface area contributed by atoms with E-state index in [1.54, 1.807) is 0 Å². The molecule has 0 aliphatic heterocycles. The average Bonchev–Trinajstić information content (AvgIpc) is 3.20. The van der Waals surface area contributed by atoms with Crippen LogP contribution in [0.1, 0.15) is 194 Å². The quantitative estimate of drug-likeness (QED) is 0.0164. The van der Waals surface area contributed by atoms with E-state index in [1.165, 1.54) is 103 Å². The summed E-state index contributed by atoms with van der Waals surface area (Å²) in [5.41, 5.74) is 0. The van der Waals surface area contributed by atoms with Crippen molar-refractivity contribution in [3.8, 4) is 0 Å². The highest BCUT2D eigenvalue weighted by Crippen LogP contribution is 2.51. The monoisotopic (exact) mass is 970 g/mol. The first kappa shape index (κ1) is 60.2. The van der Waals surface area contributed by atoms with Crippen molar-refractivity contribution < 1.29 is 90.6 Å². The maximum Gasteiger partial charge on any atom is 0.472 e. The summed E-state index contributed by atoms with van der Waals surface area (Å²) in [6.07, 6.45) is 12.7. The molecule has 22 heteroatoms. The van der Waals surface area contributed by atoms with E-state index >= 15 is 0 Å². The number of unbranched alkanes of at least 4 members (excludes halogenated alkanes) is 24. The standard InChI is InChI=1S/C41H81O19P3/c1-3-5-7-9-11-13-15-17-19-21-23-25-27-29-34(42)55-31-33(57-35(43)30-28-26-24-22-20-18-16-14-12-10-8-6-4-2)32-56-63(53,54)60-39-36(44)37(45)40(58-61(47,48)49)41(38(39)46)59-62(50,51)52/h33,36-41,44-46H,3-32H2,1-2H3,(H,53,54)(H2,47,48,49)(H2,50,51,52). The number of carbonyl (C=O) groups excluding carboxylic acids is 2. The Balaban J connectivity index is 2.74. The molecule has 63 heavy (non-hydrogen) atoms. The van der Waals surface area contributed by atoms with Crippen LogP contribution in [0.3, 0.4) is 0 Å². The van der Waals surface area contributed by atoms with Crippen molar-refractivity contribution in [3.05, 3.63) is 0 Å². The van der Waals surface area contributed by atoms with Gasteiger partial charge in [-0.3, -0.25) is 27.7 Å². The Morgan fingerprint density at radius 1 is 0.444 bits per heavy atom. The molecule has 0 heterocycles. The van der Waals surface area contributed by atoms with Gasteiger partial charge in [0.15, 0.2) is 6.10 Å². The Kier molecular flexibility index (Phi) is 32.9. The van der Waals surface area contributed by atoms with Crippen LogP contribution in [0.15, 0.2) is 0 Å². The van der Waals surface area contributed by atoms with E-state index in [0.717, 1.165) is 51.4 Å². The van der Waals surface area contributed by atoms with Gasteiger partial charge >= 0.3 is 35.4 Å². The van der Waals surface area contributed by atoms with Crippen LogP contribution in [0.25, 0.3) is 0 Å². The maximum absolute atomic E-state index is 13.1. The molecule has 0 aromatic rings. The van der Waals surface area contributed by atoms with Gasteiger partial charge in [-0.25, -0.2) is 13.7 Å². The van der Waals surface area contributed by atoms with Gasteiger partial charge in [0.25, 0.3) is 0 Å². The number of rotatable bonds is 40. The summed E-state index contributed by atoms with van der Waals surface area (Å²) in [5, 5.41) is 31.8. The van der Waals surface area contributed by atoms with E-state index < -0.39 is 91.3 Å². The highest BCUT2D eigenvalue weighted by atomic mass is 31.2. The number of ether oxygens (including phenoxy) is 2. The lowest BCUT2D eigenvalue weighted by Crippen LogP contribution is -2.65. The Hall–Kier alpha value is -0.850. The fraction of sp³-hybridized carbons (Fsp3) is 0.951.